The molecule has 1 aromatic heterocycles. The summed E-state index contributed by atoms with van der Waals surface area (Å²) >= 11 is 0. The van der Waals surface area contributed by atoms with E-state index < -0.39 is 0 Å². The summed E-state index contributed by atoms with van der Waals surface area (Å²) in [5.74, 6) is 0. The molecule has 1 nitrogen and oxygen atoms in total. The Bertz CT molecular complexity index is 440. The van der Waals surface area contributed by atoms with Gasteiger partial charge in [0.15, 0.2) is 12.4 Å². The summed E-state index contributed by atoms with van der Waals surface area (Å²) in [7, 11) is 0. The number of pyridine rings is 1. The van der Waals surface area contributed by atoms with Crippen molar-refractivity contribution in [2.24, 2.45) is 0 Å². The number of nitrogens with zero attached hydrogens (tertiary/aromatic N) is 1. The van der Waals surface area contributed by atoms with Crippen LogP contribution in [0, 0.1) is 0 Å². The first-order chi connectivity index (χ1) is 13.9. The summed E-state index contributed by atoms with van der Waals surface area (Å²) < 4.78 is 2.39. The predicted octanol–water partition coefficient (Wildman–Crippen LogP) is 8.58. The molecule has 162 valence electrons. The van der Waals surface area contributed by atoms with E-state index in [0.29, 0.717) is 0 Å². The van der Waals surface area contributed by atoms with E-state index in [1.54, 1.807) is 0 Å². The zero-order chi connectivity index (χ0) is 20.1. The molecule has 0 aliphatic carbocycles. The van der Waals surface area contributed by atoms with E-state index in [1.807, 2.05) is 0 Å². The van der Waals surface area contributed by atoms with Gasteiger partial charge in [0.05, 0.1) is 0 Å². The summed E-state index contributed by atoms with van der Waals surface area (Å²) in [5.41, 5.74) is 1.48. The summed E-state index contributed by atoms with van der Waals surface area (Å²) in [6.07, 6.45) is 31.6. The van der Waals surface area contributed by atoms with Gasteiger partial charge in [0.2, 0.25) is 0 Å². The minimum Gasteiger partial charge on any atom is -0.205 e. The molecule has 0 saturated carbocycles. The molecule has 0 aromatic carbocycles. The third kappa shape index (κ3) is 15.1. The van der Waals surface area contributed by atoms with Gasteiger partial charge in [0, 0.05) is 18.1 Å². The van der Waals surface area contributed by atoms with E-state index in [9.17, 15) is 0 Å². The van der Waals surface area contributed by atoms with Crippen LogP contribution in [0.1, 0.15) is 135 Å². The Morgan fingerprint density at radius 2 is 1.04 bits per heavy atom. The average molecular weight is 389 g/mol. The molecular weight excluding hydrogens is 338 g/mol. The van der Waals surface area contributed by atoms with Crippen LogP contribution in [0.2, 0.25) is 0 Å². The van der Waals surface area contributed by atoms with Gasteiger partial charge in [-0.15, -0.1) is 0 Å². The van der Waals surface area contributed by atoms with Crippen molar-refractivity contribution in [1.29, 1.82) is 0 Å². The number of unbranched alkanes of at least 4 members (excludes halogenated alkanes) is 16. The van der Waals surface area contributed by atoms with Crippen molar-refractivity contribution in [3.63, 3.8) is 0 Å². The molecule has 0 spiro atoms. The Kier molecular flexibility index (Phi) is 17.5. The van der Waals surface area contributed by atoms with E-state index in [0.717, 1.165) is 0 Å². The highest BCUT2D eigenvalue weighted by Crippen LogP contribution is 2.14. The fourth-order valence-electron chi connectivity index (χ4n) is 4.17. The van der Waals surface area contributed by atoms with Crippen LogP contribution in [0.25, 0.3) is 0 Å². The molecule has 1 heterocycles. The maximum atomic E-state index is 2.39. The van der Waals surface area contributed by atoms with E-state index in [1.165, 1.54) is 134 Å². The normalized spacial score (nSPS) is 11.2. The van der Waals surface area contributed by atoms with Crippen molar-refractivity contribution in [3.8, 4) is 0 Å². The highest BCUT2D eigenvalue weighted by Gasteiger charge is 2.02. The Morgan fingerprint density at radius 3 is 1.50 bits per heavy atom. The molecule has 1 aromatic rings. The predicted molar refractivity (Wildman–Crippen MR) is 125 cm³/mol. The van der Waals surface area contributed by atoms with Crippen molar-refractivity contribution >= 4 is 0 Å². The summed E-state index contributed by atoms with van der Waals surface area (Å²) in [6.45, 7) is 5.75. The maximum absolute atomic E-state index is 2.39. The van der Waals surface area contributed by atoms with Crippen molar-refractivity contribution < 1.29 is 4.57 Å². The third-order valence-electron chi connectivity index (χ3n) is 5.98. The highest BCUT2D eigenvalue weighted by molar-refractivity contribution is 5.04. The Balaban J connectivity index is 1.79. The van der Waals surface area contributed by atoms with Crippen molar-refractivity contribution in [1.82, 2.24) is 0 Å². The summed E-state index contributed by atoms with van der Waals surface area (Å²) in [4.78, 5) is 0. The lowest BCUT2D eigenvalue weighted by atomic mass is 10.0. The van der Waals surface area contributed by atoms with E-state index >= 15 is 0 Å². The van der Waals surface area contributed by atoms with Gasteiger partial charge in [-0.25, -0.2) is 4.57 Å². The minimum absolute atomic E-state index is 1.19. The van der Waals surface area contributed by atoms with Crippen LogP contribution in [-0.2, 0) is 13.0 Å². The fraction of sp³-hybridized carbons (Fsp3) is 0.815. The molecule has 0 saturated heterocycles. The zero-order valence-electron chi connectivity index (χ0n) is 19.4. The van der Waals surface area contributed by atoms with Crippen LogP contribution in [0.5, 0.6) is 0 Å². The standard InChI is InChI=1S/C27H50N/c1-3-5-6-7-8-9-10-11-12-13-14-15-16-17-18-19-20-24-28-25-21-23-27(26-28)22-4-2/h21,23,25-26H,3-20,22,24H2,1-2H3/q+1. The van der Waals surface area contributed by atoms with Gasteiger partial charge in [-0.3, -0.25) is 0 Å². The number of aromatic nitrogens is 1. The minimum atomic E-state index is 1.19. The van der Waals surface area contributed by atoms with Gasteiger partial charge in [-0.05, 0) is 18.9 Å². The first kappa shape index (κ1) is 25.2. The lowest BCUT2D eigenvalue weighted by molar-refractivity contribution is -0.697. The van der Waals surface area contributed by atoms with E-state index in [4.69, 9.17) is 0 Å². The van der Waals surface area contributed by atoms with E-state index in [2.05, 4.69) is 42.9 Å². The van der Waals surface area contributed by atoms with Crippen LogP contribution in [0.4, 0.5) is 0 Å². The van der Waals surface area contributed by atoms with Crippen LogP contribution in [-0.4, -0.2) is 0 Å². The lowest BCUT2D eigenvalue weighted by Crippen LogP contribution is -2.33. The lowest BCUT2D eigenvalue weighted by Gasteiger charge is -2.03. The Hall–Kier alpha value is -0.850. The second-order valence-electron chi connectivity index (χ2n) is 8.86. The monoisotopic (exact) mass is 388 g/mol. The number of hydrogen-bond acceptors (Lipinski definition) is 0. The molecular formula is C27H50N+. The highest BCUT2D eigenvalue weighted by atomic mass is 14.9. The maximum Gasteiger partial charge on any atom is 0.171 e. The Morgan fingerprint density at radius 1 is 0.571 bits per heavy atom. The van der Waals surface area contributed by atoms with Crippen molar-refractivity contribution in [2.45, 2.75) is 142 Å². The largest absolute Gasteiger partial charge is 0.205 e. The molecule has 0 unspecified atom stereocenters. The zero-order valence-corrected chi connectivity index (χ0v) is 19.4. The Labute approximate surface area is 177 Å². The summed E-state index contributed by atoms with van der Waals surface area (Å²) in [6, 6.07) is 4.47. The van der Waals surface area contributed by atoms with Gasteiger partial charge >= 0.3 is 0 Å². The molecule has 1 rings (SSSR count). The van der Waals surface area contributed by atoms with Crippen LogP contribution in [0.15, 0.2) is 24.5 Å². The van der Waals surface area contributed by atoms with Gasteiger partial charge in [0.1, 0.15) is 6.54 Å². The second-order valence-corrected chi connectivity index (χ2v) is 8.86. The van der Waals surface area contributed by atoms with Crippen LogP contribution >= 0.6 is 0 Å². The molecule has 0 aliphatic heterocycles. The third-order valence-corrected chi connectivity index (χ3v) is 5.98. The molecule has 0 radical (unpaired) electrons. The smallest absolute Gasteiger partial charge is 0.171 e. The second kappa shape index (κ2) is 19.5. The summed E-state index contributed by atoms with van der Waals surface area (Å²) in [5, 5.41) is 0. The average Bonchev–Trinajstić information content (AvgIpc) is 2.71. The topological polar surface area (TPSA) is 3.88 Å². The molecule has 0 N–H and O–H groups in total. The van der Waals surface area contributed by atoms with Crippen LogP contribution in [0.3, 0.4) is 0 Å². The fourth-order valence-corrected chi connectivity index (χ4v) is 4.17. The first-order valence-corrected chi connectivity index (χ1v) is 12.8. The van der Waals surface area contributed by atoms with Gasteiger partial charge in [-0.1, -0.05) is 117 Å². The quantitative estimate of drug-likeness (QED) is 0.155. The van der Waals surface area contributed by atoms with Gasteiger partial charge in [-0.2, -0.15) is 0 Å². The molecule has 0 atom stereocenters. The number of rotatable bonds is 20. The SMILES string of the molecule is CCCCCCCCCCCCCCCCCCC[n+]1cccc(CCC)c1. The molecule has 28 heavy (non-hydrogen) atoms. The first-order valence-electron chi connectivity index (χ1n) is 12.8. The molecule has 0 bridgehead atoms. The number of aryl methyl sites for hydroxylation is 2. The number of hydrogen-bond donors (Lipinski definition) is 0. The van der Waals surface area contributed by atoms with Gasteiger partial charge < -0.3 is 0 Å². The molecule has 0 aliphatic rings. The molecule has 1 heteroatoms. The molecule has 0 amide bonds. The van der Waals surface area contributed by atoms with Crippen LogP contribution < -0.4 is 4.57 Å². The van der Waals surface area contributed by atoms with Crippen molar-refractivity contribution in [2.75, 3.05) is 0 Å². The van der Waals surface area contributed by atoms with E-state index in [-0.39, 0.29) is 0 Å². The van der Waals surface area contributed by atoms with Crippen molar-refractivity contribution in [3.05, 3.63) is 30.1 Å². The van der Waals surface area contributed by atoms with Gasteiger partial charge in [0.25, 0.3) is 0 Å². The molecule has 0 fully saturated rings.